The summed E-state index contributed by atoms with van der Waals surface area (Å²) >= 11 is 0. The summed E-state index contributed by atoms with van der Waals surface area (Å²) < 4.78 is 38.7. The number of halogens is 2. The number of rotatable bonds is 2. The second-order valence-corrected chi connectivity index (χ2v) is 4.75. The monoisotopic (exact) mass is 237 g/mol. The van der Waals surface area contributed by atoms with Crippen LogP contribution in [0, 0.1) is 11.6 Å². The Morgan fingerprint density at radius 3 is 1.50 bits per heavy atom. The Labute approximate surface area is 92.5 Å². The van der Waals surface area contributed by atoms with E-state index in [-0.39, 0.29) is 10.6 Å². The van der Waals surface area contributed by atoms with Gasteiger partial charge in [0.25, 0.3) is 0 Å². The molecule has 0 radical (unpaired) electrons. The molecule has 0 aliphatic heterocycles. The smallest absolute Gasteiger partial charge is 0.202 e. The van der Waals surface area contributed by atoms with E-state index in [4.69, 9.17) is 0 Å². The summed E-state index contributed by atoms with van der Waals surface area (Å²) in [6, 6.07) is 11.4. The maximum atomic E-state index is 13.4. The van der Waals surface area contributed by atoms with Crippen LogP contribution in [0.4, 0.5) is 8.78 Å². The fourth-order valence-corrected chi connectivity index (χ4v) is 2.60. The summed E-state index contributed by atoms with van der Waals surface area (Å²) in [4.78, 5) is 0. The molecule has 1 nitrogen and oxygen atoms in total. The first-order valence-electron chi connectivity index (χ1n) is 4.66. The van der Waals surface area contributed by atoms with E-state index in [9.17, 15) is 13.3 Å². The minimum Gasteiger partial charge on any atom is -0.202 e. The Bertz CT molecular complexity index is 493. The maximum absolute atomic E-state index is 13.4. The molecule has 0 bridgehead atoms. The second kappa shape index (κ2) is 4.50. The molecule has 0 amide bonds. The van der Waals surface area contributed by atoms with Crippen LogP contribution in [0.2, 0.25) is 0 Å². The molecule has 0 saturated heterocycles. The fourth-order valence-electron chi connectivity index (χ4n) is 1.36. The van der Waals surface area contributed by atoms with Gasteiger partial charge in [0.15, 0.2) is 11.6 Å². The lowest BCUT2D eigenvalue weighted by Gasteiger charge is -1.92. The Morgan fingerprint density at radius 1 is 0.750 bits per heavy atom. The van der Waals surface area contributed by atoms with Crippen molar-refractivity contribution in [2.45, 2.75) is 0 Å². The molecule has 0 atom stereocenters. The van der Waals surface area contributed by atoms with Crippen molar-refractivity contribution in [3.8, 4) is 0 Å². The van der Waals surface area contributed by atoms with Gasteiger partial charge in [0, 0.05) is 0 Å². The average Bonchev–Trinajstić information content (AvgIpc) is 2.29. The van der Waals surface area contributed by atoms with E-state index in [1.807, 2.05) is 0 Å². The highest BCUT2D eigenvalue weighted by atomic mass is 31.1. The van der Waals surface area contributed by atoms with E-state index in [2.05, 4.69) is 0 Å². The van der Waals surface area contributed by atoms with Crippen LogP contribution in [0.5, 0.6) is 0 Å². The van der Waals surface area contributed by atoms with E-state index < -0.39 is 19.4 Å². The second-order valence-electron chi connectivity index (χ2n) is 3.20. The minimum absolute atomic E-state index is 0.0302. The van der Waals surface area contributed by atoms with Crippen molar-refractivity contribution >= 4 is 18.4 Å². The molecule has 0 spiro atoms. The molecule has 16 heavy (non-hydrogen) atoms. The third-order valence-corrected chi connectivity index (χ3v) is 3.74. The lowest BCUT2D eigenvalue weighted by atomic mass is 10.3. The Kier molecular flexibility index (Phi) is 3.07. The van der Waals surface area contributed by atoms with E-state index in [1.165, 1.54) is 36.4 Å². The van der Waals surface area contributed by atoms with Gasteiger partial charge in [0.05, 0.1) is 0 Å². The van der Waals surface area contributed by atoms with E-state index in [0.717, 1.165) is 0 Å². The van der Waals surface area contributed by atoms with Crippen LogP contribution in [0.25, 0.3) is 0 Å². The van der Waals surface area contributed by atoms with Gasteiger partial charge in [-0.2, -0.15) is 0 Å². The van der Waals surface area contributed by atoms with Gasteiger partial charge in [0.1, 0.15) is 0 Å². The molecule has 0 fully saturated rings. The van der Waals surface area contributed by atoms with Crippen LogP contribution in [-0.2, 0) is 4.57 Å². The van der Waals surface area contributed by atoms with Gasteiger partial charge >= 0.3 is 7.80 Å². The lowest BCUT2D eigenvalue weighted by Crippen LogP contribution is -2.12. The van der Waals surface area contributed by atoms with Crippen molar-refractivity contribution in [1.82, 2.24) is 0 Å². The third-order valence-electron chi connectivity index (χ3n) is 2.14. The molecule has 0 aromatic heterocycles. The zero-order valence-corrected chi connectivity index (χ0v) is 9.12. The van der Waals surface area contributed by atoms with Crippen molar-refractivity contribution in [2.75, 3.05) is 0 Å². The average molecular weight is 237 g/mol. The minimum atomic E-state index is -2.21. The van der Waals surface area contributed by atoms with Crippen LogP contribution in [0.1, 0.15) is 0 Å². The molecule has 2 aromatic rings. The predicted molar refractivity (Wildman–Crippen MR) is 59.7 cm³/mol. The number of benzene rings is 2. The number of hydrogen-bond acceptors (Lipinski definition) is 1. The summed E-state index contributed by atoms with van der Waals surface area (Å²) in [5, 5.41) is 0.0604. The Hall–Kier alpha value is -1.60. The molecule has 0 N–H and O–H groups in total. The summed E-state index contributed by atoms with van der Waals surface area (Å²) in [6.07, 6.45) is 0. The van der Waals surface area contributed by atoms with Crippen LogP contribution in [-0.4, -0.2) is 0 Å². The first-order valence-corrected chi connectivity index (χ1v) is 5.92. The fraction of sp³-hybridized carbons (Fsp3) is 0. The standard InChI is InChI=1S/C12H8F2OP/c13-9-5-1-3-7-11(9)16(15)12-8-4-2-6-10(12)14/h1-8H/q+1. The van der Waals surface area contributed by atoms with Crippen LogP contribution in [0.3, 0.4) is 0 Å². The van der Waals surface area contributed by atoms with Crippen molar-refractivity contribution in [1.29, 1.82) is 0 Å². The first kappa shape index (κ1) is 10.9. The molecule has 4 heteroatoms. The van der Waals surface area contributed by atoms with Crippen LogP contribution in [0.15, 0.2) is 48.5 Å². The van der Waals surface area contributed by atoms with Gasteiger partial charge in [0.2, 0.25) is 10.6 Å². The van der Waals surface area contributed by atoms with Gasteiger partial charge in [-0.3, -0.25) is 0 Å². The summed E-state index contributed by atoms with van der Waals surface area (Å²) in [7, 11) is -2.21. The van der Waals surface area contributed by atoms with Gasteiger partial charge < -0.3 is 0 Å². The summed E-state index contributed by atoms with van der Waals surface area (Å²) in [5.74, 6) is -1.15. The van der Waals surface area contributed by atoms with Crippen molar-refractivity contribution in [3.05, 3.63) is 60.2 Å². The van der Waals surface area contributed by atoms with E-state index in [0.29, 0.717) is 0 Å². The normalized spacial score (nSPS) is 10.1. The van der Waals surface area contributed by atoms with E-state index >= 15 is 0 Å². The molecule has 2 aromatic carbocycles. The largest absolute Gasteiger partial charge is 0.421 e. The number of hydrogen-bond donors (Lipinski definition) is 0. The topological polar surface area (TPSA) is 17.1 Å². The molecule has 0 unspecified atom stereocenters. The lowest BCUT2D eigenvalue weighted by molar-refractivity contribution is 0.591. The van der Waals surface area contributed by atoms with Crippen molar-refractivity contribution in [2.24, 2.45) is 0 Å². The Morgan fingerprint density at radius 2 is 1.12 bits per heavy atom. The molecular weight excluding hydrogens is 229 g/mol. The first-order chi connectivity index (χ1) is 7.70. The highest BCUT2D eigenvalue weighted by Crippen LogP contribution is 2.22. The van der Waals surface area contributed by atoms with Gasteiger partial charge in [-0.1, -0.05) is 28.8 Å². The molecule has 0 heterocycles. The molecule has 2 rings (SSSR count). The molecule has 0 aliphatic carbocycles. The van der Waals surface area contributed by atoms with Crippen molar-refractivity contribution < 1.29 is 13.3 Å². The highest BCUT2D eigenvalue weighted by molar-refractivity contribution is 7.61. The zero-order chi connectivity index (χ0) is 11.5. The predicted octanol–water partition coefficient (Wildman–Crippen LogP) is 2.74. The van der Waals surface area contributed by atoms with E-state index in [1.54, 1.807) is 12.1 Å². The highest BCUT2D eigenvalue weighted by Gasteiger charge is 2.30. The SMILES string of the molecule is O=[P+](c1ccccc1F)c1ccccc1F. The Balaban J connectivity index is 2.48. The van der Waals surface area contributed by atoms with Crippen LogP contribution >= 0.6 is 7.80 Å². The zero-order valence-electron chi connectivity index (χ0n) is 8.23. The van der Waals surface area contributed by atoms with Gasteiger partial charge in [-0.25, -0.2) is 8.78 Å². The molecule has 0 aliphatic rings. The third kappa shape index (κ3) is 2.00. The quantitative estimate of drug-likeness (QED) is 0.734. The summed E-state index contributed by atoms with van der Waals surface area (Å²) in [6.45, 7) is 0. The van der Waals surface area contributed by atoms with Gasteiger partial charge in [-0.15, -0.1) is 0 Å². The molecular formula is C12H8F2OP+. The van der Waals surface area contributed by atoms with Crippen molar-refractivity contribution in [3.63, 3.8) is 0 Å². The van der Waals surface area contributed by atoms with Crippen LogP contribution < -0.4 is 10.6 Å². The summed E-state index contributed by atoms with van der Waals surface area (Å²) in [5.41, 5.74) is 0. The molecule has 0 saturated carbocycles. The molecule has 80 valence electrons. The maximum Gasteiger partial charge on any atom is 0.421 e. The van der Waals surface area contributed by atoms with Gasteiger partial charge in [-0.05, 0) is 24.3 Å².